The van der Waals surface area contributed by atoms with Crippen LogP contribution in [0.3, 0.4) is 0 Å². The van der Waals surface area contributed by atoms with E-state index in [2.05, 4.69) is 5.32 Å². The molecular weight excluding hydrogens is 466 g/mol. The van der Waals surface area contributed by atoms with Gasteiger partial charge in [0.15, 0.2) is 0 Å². The van der Waals surface area contributed by atoms with E-state index in [1.807, 2.05) is 37.3 Å². The van der Waals surface area contributed by atoms with E-state index in [-0.39, 0.29) is 47.8 Å². The third-order valence-electron chi connectivity index (χ3n) is 6.72. The van der Waals surface area contributed by atoms with E-state index in [1.54, 1.807) is 12.1 Å². The standard InChI is InChI=1S/C26H31N3O5S/c1-2-22(25(31)27-20-12-6-7-13-20)28(18-19-10-4-3-5-11-19)24(30)16-17-29-26(32)21-14-8-9-15-23(21)35(29,33)34/h3-5,8-11,14-15,20,22H,2,6-7,12-13,16-18H2,1H3,(H,27,31). The van der Waals surface area contributed by atoms with Gasteiger partial charge in [-0.2, -0.15) is 0 Å². The van der Waals surface area contributed by atoms with Crippen molar-refractivity contribution in [3.63, 3.8) is 0 Å². The average molecular weight is 498 g/mol. The van der Waals surface area contributed by atoms with E-state index in [4.69, 9.17) is 0 Å². The van der Waals surface area contributed by atoms with Crippen LogP contribution in [0.2, 0.25) is 0 Å². The number of sulfonamides is 1. The van der Waals surface area contributed by atoms with E-state index in [0.29, 0.717) is 6.42 Å². The zero-order chi connectivity index (χ0) is 25.0. The number of carbonyl (C=O) groups excluding carboxylic acids is 3. The Balaban J connectivity index is 1.52. The van der Waals surface area contributed by atoms with Gasteiger partial charge < -0.3 is 10.2 Å². The van der Waals surface area contributed by atoms with Crippen LogP contribution < -0.4 is 5.32 Å². The van der Waals surface area contributed by atoms with Crippen LogP contribution in [0.5, 0.6) is 0 Å². The van der Waals surface area contributed by atoms with Gasteiger partial charge in [-0.15, -0.1) is 0 Å². The van der Waals surface area contributed by atoms with Crippen molar-refractivity contribution in [1.82, 2.24) is 14.5 Å². The van der Waals surface area contributed by atoms with Crippen molar-refractivity contribution in [2.75, 3.05) is 6.54 Å². The fourth-order valence-electron chi connectivity index (χ4n) is 4.86. The van der Waals surface area contributed by atoms with Crippen molar-refractivity contribution >= 4 is 27.7 Å². The van der Waals surface area contributed by atoms with Crippen LogP contribution >= 0.6 is 0 Å². The number of nitrogens with zero attached hydrogens (tertiary/aromatic N) is 2. The number of benzene rings is 2. The van der Waals surface area contributed by atoms with E-state index in [1.165, 1.54) is 17.0 Å². The first kappa shape index (κ1) is 24.9. The Morgan fingerprint density at radius 1 is 1.06 bits per heavy atom. The van der Waals surface area contributed by atoms with Crippen LogP contribution in [-0.2, 0) is 26.2 Å². The molecule has 8 nitrogen and oxygen atoms in total. The normalized spacial score (nSPS) is 17.7. The highest BCUT2D eigenvalue weighted by molar-refractivity contribution is 7.90. The number of nitrogens with one attached hydrogen (secondary N) is 1. The summed E-state index contributed by atoms with van der Waals surface area (Å²) in [6, 6.07) is 14.8. The molecule has 1 aliphatic carbocycles. The summed E-state index contributed by atoms with van der Waals surface area (Å²) in [6.07, 6.45) is 4.24. The third-order valence-corrected chi connectivity index (χ3v) is 8.56. The Morgan fingerprint density at radius 2 is 1.71 bits per heavy atom. The Labute approximate surface area is 206 Å². The largest absolute Gasteiger partial charge is 0.352 e. The third kappa shape index (κ3) is 5.24. The minimum absolute atomic E-state index is 0.0408. The van der Waals surface area contributed by atoms with Gasteiger partial charge in [-0.1, -0.05) is 62.2 Å². The maximum absolute atomic E-state index is 13.5. The lowest BCUT2D eigenvalue weighted by molar-refractivity contribution is -0.141. The van der Waals surface area contributed by atoms with Gasteiger partial charge in [0.05, 0.1) is 5.56 Å². The van der Waals surface area contributed by atoms with Gasteiger partial charge in [0.2, 0.25) is 11.8 Å². The molecule has 1 N–H and O–H groups in total. The number of hydrogen-bond acceptors (Lipinski definition) is 5. The van der Waals surface area contributed by atoms with Gasteiger partial charge in [0.1, 0.15) is 10.9 Å². The zero-order valence-corrected chi connectivity index (χ0v) is 20.7. The van der Waals surface area contributed by atoms with Gasteiger partial charge in [-0.25, -0.2) is 12.7 Å². The molecule has 1 heterocycles. The van der Waals surface area contributed by atoms with Crippen molar-refractivity contribution < 1.29 is 22.8 Å². The topological polar surface area (TPSA) is 104 Å². The average Bonchev–Trinajstić information content (AvgIpc) is 3.43. The van der Waals surface area contributed by atoms with Crippen LogP contribution in [-0.4, -0.2) is 54.0 Å². The summed E-state index contributed by atoms with van der Waals surface area (Å²) >= 11 is 0. The molecule has 1 atom stereocenters. The van der Waals surface area contributed by atoms with Crippen LogP contribution in [0.15, 0.2) is 59.5 Å². The zero-order valence-electron chi connectivity index (χ0n) is 19.9. The molecule has 2 aromatic carbocycles. The first-order chi connectivity index (χ1) is 16.8. The van der Waals surface area contributed by atoms with Crippen LogP contribution in [0.25, 0.3) is 0 Å². The van der Waals surface area contributed by atoms with Crippen molar-refractivity contribution in [2.24, 2.45) is 0 Å². The van der Waals surface area contributed by atoms with Crippen molar-refractivity contribution in [3.8, 4) is 0 Å². The molecule has 186 valence electrons. The summed E-state index contributed by atoms with van der Waals surface area (Å²) in [5, 5.41) is 3.09. The summed E-state index contributed by atoms with van der Waals surface area (Å²) in [6.45, 7) is 1.80. The quantitative estimate of drug-likeness (QED) is 0.573. The fourth-order valence-corrected chi connectivity index (χ4v) is 6.43. The second kappa shape index (κ2) is 10.6. The fraction of sp³-hybridized carbons (Fsp3) is 0.423. The molecule has 1 unspecified atom stereocenters. The molecule has 1 fully saturated rings. The lowest BCUT2D eigenvalue weighted by Crippen LogP contribution is -2.51. The predicted octanol–water partition coefficient (Wildman–Crippen LogP) is 3.09. The molecule has 1 saturated carbocycles. The number of amides is 3. The molecule has 0 saturated heterocycles. The molecule has 9 heteroatoms. The highest BCUT2D eigenvalue weighted by Crippen LogP contribution is 2.30. The van der Waals surface area contributed by atoms with Crippen molar-refractivity contribution in [2.45, 2.75) is 69.0 Å². The Morgan fingerprint density at radius 3 is 2.37 bits per heavy atom. The van der Waals surface area contributed by atoms with E-state index >= 15 is 0 Å². The number of rotatable bonds is 9. The summed E-state index contributed by atoms with van der Waals surface area (Å²) in [4.78, 5) is 40.8. The number of hydrogen-bond donors (Lipinski definition) is 1. The molecule has 1 aliphatic heterocycles. The smallest absolute Gasteiger partial charge is 0.269 e. The number of fused-ring (bicyclic) bond motifs is 1. The Hall–Kier alpha value is -3.20. The van der Waals surface area contributed by atoms with Gasteiger partial charge in [-0.3, -0.25) is 14.4 Å². The van der Waals surface area contributed by atoms with Crippen molar-refractivity contribution in [3.05, 3.63) is 65.7 Å². The minimum Gasteiger partial charge on any atom is -0.352 e. The second-order valence-electron chi connectivity index (χ2n) is 9.05. The molecular formula is C26H31N3O5S. The second-order valence-corrected chi connectivity index (χ2v) is 10.9. The molecule has 3 amide bonds. The summed E-state index contributed by atoms with van der Waals surface area (Å²) in [5.74, 6) is -1.20. The van der Waals surface area contributed by atoms with Crippen LogP contribution in [0.4, 0.5) is 0 Å². The molecule has 0 aromatic heterocycles. The van der Waals surface area contributed by atoms with E-state index in [0.717, 1.165) is 35.6 Å². The molecule has 2 aromatic rings. The molecule has 2 aliphatic rings. The SMILES string of the molecule is CCC(C(=O)NC1CCCC1)N(Cc1ccccc1)C(=O)CCN1C(=O)c2ccccc2S1(=O)=O. The van der Waals surface area contributed by atoms with Gasteiger partial charge in [0, 0.05) is 25.6 Å². The first-order valence-electron chi connectivity index (χ1n) is 12.1. The lowest BCUT2D eigenvalue weighted by atomic mass is 10.1. The number of carbonyl (C=O) groups is 3. The highest BCUT2D eigenvalue weighted by Gasteiger charge is 2.41. The molecule has 35 heavy (non-hydrogen) atoms. The minimum atomic E-state index is -4.00. The van der Waals surface area contributed by atoms with Gasteiger partial charge in [0.25, 0.3) is 15.9 Å². The van der Waals surface area contributed by atoms with Gasteiger partial charge >= 0.3 is 0 Å². The molecule has 4 rings (SSSR count). The van der Waals surface area contributed by atoms with E-state index < -0.39 is 22.0 Å². The Kier molecular flexibility index (Phi) is 7.54. The maximum Gasteiger partial charge on any atom is 0.269 e. The van der Waals surface area contributed by atoms with Crippen LogP contribution in [0.1, 0.15) is 61.4 Å². The first-order valence-corrected chi connectivity index (χ1v) is 13.6. The summed E-state index contributed by atoms with van der Waals surface area (Å²) < 4.78 is 26.5. The summed E-state index contributed by atoms with van der Waals surface area (Å²) in [7, 11) is -4.00. The lowest BCUT2D eigenvalue weighted by Gasteiger charge is -2.32. The van der Waals surface area contributed by atoms with Gasteiger partial charge in [-0.05, 0) is 37.0 Å². The monoisotopic (exact) mass is 497 g/mol. The maximum atomic E-state index is 13.5. The Bertz CT molecular complexity index is 1190. The molecule has 0 bridgehead atoms. The summed E-state index contributed by atoms with van der Waals surface area (Å²) in [5.41, 5.74) is 0.980. The van der Waals surface area contributed by atoms with Crippen molar-refractivity contribution in [1.29, 1.82) is 0 Å². The van der Waals surface area contributed by atoms with E-state index in [9.17, 15) is 22.8 Å². The molecule has 0 radical (unpaired) electrons. The van der Waals surface area contributed by atoms with Crippen LogP contribution in [0, 0.1) is 0 Å². The highest BCUT2D eigenvalue weighted by atomic mass is 32.2. The molecule has 0 spiro atoms. The predicted molar refractivity (Wildman–Crippen MR) is 131 cm³/mol.